The van der Waals surface area contributed by atoms with Crippen LogP contribution >= 0.6 is 0 Å². The van der Waals surface area contributed by atoms with Crippen LogP contribution in [-0.4, -0.2) is 11.8 Å². The van der Waals surface area contributed by atoms with Crippen molar-refractivity contribution < 1.29 is 9.59 Å². The first-order chi connectivity index (χ1) is 16.5. The molecule has 0 spiro atoms. The Labute approximate surface area is 211 Å². The first-order valence-electron chi connectivity index (χ1n) is 14.4. The zero-order valence-corrected chi connectivity index (χ0v) is 22.4. The lowest BCUT2D eigenvalue weighted by molar-refractivity contribution is -0.118. The van der Waals surface area contributed by atoms with E-state index >= 15 is 0 Å². The van der Waals surface area contributed by atoms with Crippen molar-refractivity contribution in [3.63, 3.8) is 0 Å². The van der Waals surface area contributed by atoms with Crippen molar-refractivity contribution in [2.75, 3.05) is 0 Å². The zero-order chi connectivity index (χ0) is 25.1. The van der Waals surface area contributed by atoms with Gasteiger partial charge >= 0.3 is 0 Å². The van der Waals surface area contributed by atoms with Crippen molar-refractivity contribution in [3.8, 4) is 0 Å². The molecule has 0 aliphatic carbocycles. The Bertz CT molecular complexity index is 482. The monoisotopic (exact) mass is 476 g/mol. The fourth-order valence-corrected chi connectivity index (χ4v) is 4.34. The van der Waals surface area contributed by atoms with Crippen LogP contribution in [0.5, 0.6) is 0 Å². The topological polar surface area (TPSA) is 86.2 Å². The SMILES string of the molecule is CC(CCCCCCCCCC=CCCC(N)=O)CCCCCCCCCC=CCCC(N)=O. The van der Waals surface area contributed by atoms with Crippen LogP contribution in [-0.2, 0) is 9.59 Å². The Morgan fingerprint density at radius 3 is 1.15 bits per heavy atom. The van der Waals surface area contributed by atoms with E-state index in [2.05, 4.69) is 31.2 Å². The van der Waals surface area contributed by atoms with E-state index in [1.807, 2.05) is 0 Å². The number of allylic oxidation sites excluding steroid dienone is 4. The highest BCUT2D eigenvalue weighted by Crippen LogP contribution is 2.19. The molecule has 0 saturated heterocycles. The average molecular weight is 477 g/mol. The average Bonchev–Trinajstić information content (AvgIpc) is 2.79. The summed E-state index contributed by atoms with van der Waals surface area (Å²) in [5.41, 5.74) is 10.2. The maximum atomic E-state index is 10.6. The van der Waals surface area contributed by atoms with Crippen LogP contribution in [0.2, 0.25) is 0 Å². The summed E-state index contributed by atoms with van der Waals surface area (Å²) in [7, 11) is 0. The smallest absolute Gasteiger partial charge is 0.217 e. The minimum atomic E-state index is -0.210. The molecule has 198 valence electrons. The van der Waals surface area contributed by atoms with Gasteiger partial charge in [0.25, 0.3) is 0 Å². The maximum Gasteiger partial charge on any atom is 0.217 e. The lowest BCUT2D eigenvalue weighted by atomic mass is 9.95. The molecule has 0 aromatic heterocycles. The van der Waals surface area contributed by atoms with Gasteiger partial charge < -0.3 is 11.5 Å². The van der Waals surface area contributed by atoms with E-state index in [4.69, 9.17) is 11.5 Å². The molecule has 0 aliphatic heterocycles. The highest BCUT2D eigenvalue weighted by Gasteiger charge is 2.02. The van der Waals surface area contributed by atoms with Crippen molar-refractivity contribution in [3.05, 3.63) is 24.3 Å². The van der Waals surface area contributed by atoms with Crippen molar-refractivity contribution in [2.24, 2.45) is 17.4 Å². The second-order valence-corrected chi connectivity index (χ2v) is 10.2. The number of carbonyl (C=O) groups is 2. The molecule has 0 aromatic rings. The third-order valence-corrected chi connectivity index (χ3v) is 6.58. The Balaban J connectivity index is 3.25. The minimum absolute atomic E-state index is 0.210. The fraction of sp³-hybridized carbons (Fsp3) is 0.800. The van der Waals surface area contributed by atoms with Gasteiger partial charge in [0.2, 0.25) is 11.8 Å². The van der Waals surface area contributed by atoms with E-state index in [0.717, 1.165) is 31.6 Å². The number of carbonyl (C=O) groups excluding carboxylic acids is 2. The maximum absolute atomic E-state index is 10.6. The van der Waals surface area contributed by atoms with Crippen LogP contribution in [0.3, 0.4) is 0 Å². The van der Waals surface area contributed by atoms with E-state index in [0.29, 0.717) is 12.8 Å². The van der Waals surface area contributed by atoms with Crippen LogP contribution in [0.1, 0.15) is 148 Å². The second kappa shape index (κ2) is 26.0. The molecular formula is C30H56N2O2. The van der Waals surface area contributed by atoms with Gasteiger partial charge in [-0.05, 0) is 44.4 Å². The molecule has 0 rings (SSSR count). The van der Waals surface area contributed by atoms with Gasteiger partial charge in [-0.15, -0.1) is 0 Å². The third-order valence-electron chi connectivity index (χ3n) is 6.58. The Hall–Kier alpha value is -1.58. The molecule has 2 amide bonds. The van der Waals surface area contributed by atoms with Gasteiger partial charge in [-0.2, -0.15) is 0 Å². The quantitative estimate of drug-likeness (QED) is 0.0971. The molecule has 0 saturated carbocycles. The Kier molecular flexibility index (Phi) is 24.8. The van der Waals surface area contributed by atoms with E-state index < -0.39 is 0 Å². The van der Waals surface area contributed by atoms with Crippen LogP contribution in [0.25, 0.3) is 0 Å². The van der Waals surface area contributed by atoms with E-state index in [1.54, 1.807) is 0 Å². The standard InChI is InChI=1S/C30H56N2O2/c1-28(24-20-16-12-8-4-2-6-10-14-18-22-26-29(31)33)25-21-17-13-9-5-3-7-11-15-19-23-27-30(32)34/h14-15,18-19,28H,2-13,16-17,20-27H2,1H3,(H2,31,33)(H2,32,34). The third kappa shape index (κ3) is 28.5. The van der Waals surface area contributed by atoms with Crippen molar-refractivity contribution >= 4 is 11.8 Å². The molecule has 0 radical (unpaired) electrons. The number of rotatable bonds is 26. The molecule has 4 N–H and O–H groups in total. The Morgan fingerprint density at radius 2 is 0.794 bits per heavy atom. The zero-order valence-electron chi connectivity index (χ0n) is 22.4. The predicted octanol–water partition coefficient (Wildman–Crippen LogP) is 8.29. The summed E-state index contributed by atoms with van der Waals surface area (Å²) in [5, 5.41) is 0. The van der Waals surface area contributed by atoms with Crippen LogP contribution in [0.15, 0.2) is 24.3 Å². The number of hydrogen-bond donors (Lipinski definition) is 2. The predicted molar refractivity (Wildman–Crippen MR) is 147 cm³/mol. The molecule has 0 bridgehead atoms. The van der Waals surface area contributed by atoms with Gasteiger partial charge in [0, 0.05) is 12.8 Å². The molecule has 0 fully saturated rings. The molecular weight excluding hydrogens is 420 g/mol. The normalized spacial score (nSPS) is 12.6. The highest BCUT2D eigenvalue weighted by atomic mass is 16.1. The van der Waals surface area contributed by atoms with Crippen molar-refractivity contribution in [2.45, 2.75) is 148 Å². The second-order valence-electron chi connectivity index (χ2n) is 10.2. The molecule has 0 aliphatic rings. The van der Waals surface area contributed by atoms with Crippen LogP contribution < -0.4 is 11.5 Å². The minimum Gasteiger partial charge on any atom is -0.370 e. The van der Waals surface area contributed by atoms with Crippen LogP contribution in [0.4, 0.5) is 0 Å². The lowest BCUT2D eigenvalue weighted by Gasteiger charge is -2.11. The summed E-state index contributed by atoms with van der Waals surface area (Å²) >= 11 is 0. The number of amides is 2. The summed E-state index contributed by atoms with van der Waals surface area (Å²) in [5.74, 6) is 0.471. The fourth-order valence-electron chi connectivity index (χ4n) is 4.34. The van der Waals surface area contributed by atoms with E-state index in [1.165, 1.54) is 103 Å². The number of primary amides is 2. The van der Waals surface area contributed by atoms with Gasteiger partial charge in [0.05, 0.1) is 0 Å². The van der Waals surface area contributed by atoms with Gasteiger partial charge in [-0.25, -0.2) is 0 Å². The summed E-state index contributed by atoms with van der Waals surface area (Å²) in [6.07, 6.45) is 35.2. The molecule has 34 heavy (non-hydrogen) atoms. The molecule has 0 unspecified atom stereocenters. The molecule has 0 atom stereocenters. The first kappa shape index (κ1) is 32.4. The largest absolute Gasteiger partial charge is 0.370 e. The van der Waals surface area contributed by atoms with E-state index in [9.17, 15) is 9.59 Å². The van der Waals surface area contributed by atoms with Crippen molar-refractivity contribution in [1.82, 2.24) is 0 Å². The highest BCUT2D eigenvalue weighted by molar-refractivity contribution is 5.74. The van der Waals surface area contributed by atoms with Gasteiger partial charge in [0.15, 0.2) is 0 Å². The molecule has 0 heterocycles. The van der Waals surface area contributed by atoms with Gasteiger partial charge in [0.1, 0.15) is 0 Å². The summed E-state index contributed by atoms with van der Waals surface area (Å²) < 4.78 is 0. The van der Waals surface area contributed by atoms with Crippen LogP contribution in [0, 0.1) is 5.92 Å². The first-order valence-corrected chi connectivity index (χ1v) is 14.4. The van der Waals surface area contributed by atoms with E-state index in [-0.39, 0.29) is 11.8 Å². The number of nitrogens with two attached hydrogens (primary N) is 2. The van der Waals surface area contributed by atoms with Crippen molar-refractivity contribution in [1.29, 1.82) is 0 Å². The molecule has 4 heteroatoms. The number of unbranched alkanes of at least 4 members (excludes halogenated alkanes) is 14. The number of hydrogen-bond acceptors (Lipinski definition) is 2. The summed E-state index contributed by atoms with van der Waals surface area (Å²) in [6.45, 7) is 2.44. The molecule has 0 aromatic carbocycles. The van der Waals surface area contributed by atoms with Gasteiger partial charge in [-0.3, -0.25) is 9.59 Å². The van der Waals surface area contributed by atoms with Gasteiger partial charge in [-0.1, -0.05) is 121 Å². The summed E-state index contributed by atoms with van der Waals surface area (Å²) in [6, 6.07) is 0. The Morgan fingerprint density at radius 1 is 0.500 bits per heavy atom. The molecule has 4 nitrogen and oxygen atoms in total. The summed E-state index contributed by atoms with van der Waals surface area (Å²) in [4.78, 5) is 21.3. The lowest BCUT2D eigenvalue weighted by Crippen LogP contribution is -2.08.